The normalized spacial score (nSPS) is 18.6. The van der Waals surface area contributed by atoms with Crippen molar-refractivity contribution in [2.45, 2.75) is 131 Å². The molecule has 6 N–H and O–H groups in total. The fraction of sp³-hybridized carbons (Fsp3) is 0.640. The highest BCUT2D eigenvalue weighted by Crippen LogP contribution is 2.28. The van der Waals surface area contributed by atoms with Crippen LogP contribution in [0.3, 0.4) is 0 Å². The van der Waals surface area contributed by atoms with Crippen LogP contribution in [0.5, 0.6) is 11.5 Å². The summed E-state index contributed by atoms with van der Waals surface area (Å²) >= 11 is 0. The Kier molecular flexibility index (Phi) is 23.9. The van der Waals surface area contributed by atoms with E-state index in [0.29, 0.717) is 71.0 Å². The molecule has 0 amide bonds. The standard InChI is InChI=1S/2C24H36FN7O.2CH4.ClH/c2*1-3-32-13-7-10-19(32)16-27-23-29-22(26-15-17-8-5-4-6-9-17)30-24(31-23)28-18-11-12-21(33-2)20(25)14-18;;;/h2*11-12,14,17,19H,3-10,13,15-16H2,1-2H3,(H3,26,27,28,29,30,31);2*1H4;1H. The maximum absolute atomic E-state index is 14.2. The minimum absolute atomic E-state index is 0. The van der Waals surface area contributed by atoms with Gasteiger partial charge in [0, 0.05) is 61.8 Å². The first-order valence-electron chi connectivity index (χ1n) is 24.5. The lowest BCUT2D eigenvalue weighted by atomic mass is 9.89. The molecule has 2 saturated heterocycles. The van der Waals surface area contributed by atoms with Crippen molar-refractivity contribution in [3.8, 4) is 11.5 Å². The van der Waals surface area contributed by atoms with Crippen molar-refractivity contribution in [3.63, 3.8) is 0 Å². The number of ether oxygens (including phenoxy) is 2. The fourth-order valence-electron chi connectivity index (χ4n) is 9.68. The van der Waals surface area contributed by atoms with Gasteiger partial charge in [-0.1, -0.05) is 67.2 Å². The van der Waals surface area contributed by atoms with Crippen LogP contribution in [-0.2, 0) is 0 Å². The molecule has 69 heavy (non-hydrogen) atoms. The Hall–Kier alpha value is -5.07. The highest BCUT2D eigenvalue weighted by molar-refractivity contribution is 5.85. The first-order valence-corrected chi connectivity index (χ1v) is 24.5. The van der Waals surface area contributed by atoms with E-state index in [0.717, 1.165) is 52.4 Å². The van der Waals surface area contributed by atoms with E-state index in [2.05, 4.69) is 85.5 Å². The average molecular weight is 984 g/mol. The Bertz CT molecular complexity index is 1970. The molecule has 2 aliphatic carbocycles. The van der Waals surface area contributed by atoms with E-state index in [-0.39, 0.29) is 38.8 Å². The molecule has 384 valence electrons. The van der Waals surface area contributed by atoms with Gasteiger partial charge in [0.1, 0.15) is 0 Å². The van der Waals surface area contributed by atoms with E-state index in [4.69, 9.17) is 9.47 Å². The van der Waals surface area contributed by atoms with Crippen LogP contribution >= 0.6 is 12.4 Å². The van der Waals surface area contributed by atoms with Crippen molar-refractivity contribution >= 4 is 59.5 Å². The number of anilines is 8. The SMILES string of the molecule is C.C.CCN1CCCC1CNc1nc(NCC2CCCCC2)nc(Nc2ccc(OC)c(F)c2)n1.CCN1CCCC1CNc1nc(NCC2CCCCC2)nc(Nc2ccc(OC)c(F)c2)n1.Cl. The molecule has 0 radical (unpaired) electrons. The van der Waals surface area contributed by atoms with Gasteiger partial charge in [0.2, 0.25) is 35.7 Å². The van der Waals surface area contributed by atoms with Gasteiger partial charge in [-0.3, -0.25) is 9.80 Å². The van der Waals surface area contributed by atoms with E-state index in [1.807, 2.05) is 0 Å². The van der Waals surface area contributed by atoms with Gasteiger partial charge in [-0.2, -0.15) is 29.9 Å². The zero-order chi connectivity index (χ0) is 46.1. The maximum Gasteiger partial charge on any atom is 0.233 e. The summed E-state index contributed by atoms with van der Waals surface area (Å²) in [6.45, 7) is 12.1. The molecule has 4 aliphatic rings. The summed E-state index contributed by atoms with van der Waals surface area (Å²) in [5, 5.41) is 19.9. The molecule has 2 unspecified atom stereocenters. The molecule has 0 bridgehead atoms. The summed E-state index contributed by atoms with van der Waals surface area (Å²) in [6.07, 6.45) is 17.6. The molecule has 2 aliphatic heterocycles. The van der Waals surface area contributed by atoms with Gasteiger partial charge in [0.15, 0.2) is 23.1 Å². The zero-order valence-corrected chi connectivity index (χ0v) is 40.7. The predicted octanol–water partition coefficient (Wildman–Crippen LogP) is 11.0. The molecule has 19 heteroatoms. The topological polar surface area (TPSA) is 174 Å². The molecule has 2 saturated carbocycles. The molecule has 4 fully saturated rings. The first kappa shape index (κ1) is 56.5. The van der Waals surface area contributed by atoms with E-state index in [1.165, 1.54) is 116 Å². The molecule has 2 atom stereocenters. The molecular formula is C50H81ClF2N14O2. The minimum Gasteiger partial charge on any atom is -0.494 e. The maximum atomic E-state index is 14.2. The van der Waals surface area contributed by atoms with Gasteiger partial charge in [0.25, 0.3) is 0 Å². The van der Waals surface area contributed by atoms with Crippen molar-refractivity contribution in [2.75, 3.05) is 98.5 Å². The Morgan fingerprint density at radius 2 is 0.841 bits per heavy atom. The molecule has 8 rings (SSSR count). The monoisotopic (exact) mass is 983 g/mol. The molecule has 0 spiro atoms. The Morgan fingerprint density at radius 3 is 1.17 bits per heavy atom. The van der Waals surface area contributed by atoms with E-state index < -0.39 is 11.6 Å². The van der Waals surface area contributed by atoms with Crippen LogP contribution < -0.4 is 41.4 Å². The number of aromatic nitrogens is 6. The van der Waals surface area contributed by atoms with Crippen LogP contribution in [0.4, 0.5) is 55.8 Å². The van der Waals surface area contributed by atoms with Crippen molar-refractivity contribution in [2.24, 2.45) is 11.8 Å². The molecule has 4 heterocycles. The third-order valence-corrected chi connectivity index (χ3v) is 13.4. The number of benzene rings is 2. The van der Waals surface area contributed by atoms with Crippen LogP contribution in [-0.4, -0.2) is 118 Å². The number of nitrogens with one attached hydrogen (secondary N) is 6. The number of methoxy groups -OCH3 is 2. The number of likely N-dealkylation sites (N-methyl/N-ethyl adjacent to an activating group) is 2. The summed E-state index contributed by atoms with van der Waals surface area (Å²) in [5.41, 5.74) is 1.10. The largest absolute Gasteiger partial charge is 0.494 e. The lowest BCUT2D eigenvalue weighted by Gasteiger charge is -2.23. The van der Waals surface area contributed by atoms with Crippen molar-refractivity contribution in [1.29, 1.82) is 0 Å². The summed E-state index contributed by atoms with van der Waals surface area (Å²) < 4.78 is 38.3. The van der Waals surface area contributed by atoms with Crippen molar-refractivity contribution in [3.05, 3.63) is 48.0 Å². The van der Waals surface area contributed by atoms with Gasteiger partial charge in [-0.05, 0) is 114 Å². The summed E-state index contributed by atoms with van der Waals surface area (Å²) in [6, 6.07) is 10.4. The second-order valence-corrected chi connectivity index (χ2v) is 17.9. The first-order chi connectivity index (χ1) is 32.3. The summed E-state index contributed by atoms with van der Waals surface area (Å²) in [7, 11) is 2.90. The minimum atomic E-state index is -0.438. The number of likely N-dealkylation sites (tertiary alicyclic amines) is 2. The van der Waals surface area contributed by atoms with Crippen LogP contribution in [0.25, 0.3) is 0 Å². The Labute approximate surface area is 416 Å². The van der Waals surface area contributed by atoms with Gasteiger partial charge in [0.05, 0.1) is 14.2 Å². The molecular weight excluding hydrogens is 902 g/mol. The molecule has 16 nitrogen and oxygen atoms in total. The summed E-state index contributed by atoms with van der Waals surface area (Å²) in [4.78, 5) is 32.4. The van der Waals surface area contributed by atoms with Gasteiger partial charge >= 0.3 is 0 Å². The number of rotatable bonds is 20. The average Bonchev–Trinajstić information content (AvgIpc) is 4.02. The lowest BCUT2D eigenvalue weighted by Crippen LogP contribution is -2.35. The lowest BCUT2D eigenvalue weighted by molar-refractivity contribution is 0.276. The number of hydrogen-bond acceptors (Lipinski definition) is 16. The van der Waals surface area contributed by atoms with Gasteiger partial charge in [-0.15, -0.1) is 12.4 Å². The van der Waals surface area contributed by atoms with Crippen molar-refractivity contribution in [1.82, 2.24) is 39.7 Å². The molecule has 4 aromatic rings. The summed E-state index contributed by atoms with van der Waals surface area (Å²) in [5.74, 6) is 3.69. The second-order valence-electron chi connectivity index (χ2n) is 17.9. The van der Waals surface area contributed by atoms with Gasteiger partial charge in [-0.25, -0.2) is 8.78 Å². The van der Waals surface area contributed by atoms with Gasteiger partial charge < -0.3 is 41.4 Å². The third-order valence-electron chi connectivity index (χ3n) is 13.4. The zero-order valence-electron chi connectivity index (χ0n) is 39.9. The highest BCUT2D eigenvalue weighted by atomic mass is 35.5. The van der Waals surface area contributed by atoms with Crippen molar-refractivity contribution < 1.29 is 18.3 Å². The predicted molar refractivity (Wildman–Crippen MR) is 280 cm³/mol. The smallest absolute Gasteiger partial charge is 0.233 e. The fourth-order valence-corrected chi connectivity index (χ4v) is 9.68. The number of nitrogens with zero attached hydrogens (tertiary/aromatic N) is 8. The third kappa shape index (κ3) is 17.1. The quantitative estimate of drug-likeness (QED) is 0.0493. The molecule has 2 aromatic heterocycles. The van der Waals surface area contributed by atoms with E-state index in [1.54, 1.807) is 24.3 Å². The van der Waals surface area contributed by atoms with E-state index >= 15 is 0 Å². The second kappa shape index (κ2) is 29.2. The number of hydrogen-bond donors (Lipinski definition) is 6. The van der Waals surface area contributed by atoms with Crippen LogP contribution in [0.2, 0.25) is 0 Å². The van der Waals surface area contributed by atoms with Crippen LogP contribution in [0.15, 0.2) is 36.4 Å². The van der Waals surface area contributed by atoms with Crippen LogP contribution in [0, 0.1) is 23.5 Å². The number of halogens is 3. The highest BCUT2D eigenvalue weighted by Gasteiger charge is 2.25. The Morgan fingerprint density at radius 1 is 0.493 bits per heavy atom. The van der Waals surface area contributed by atoms with Crippen LogP contribution in [0.1, 0.15) is 119 Å². The molecule has 2 aromatic carbocycles. The Balaban J connectivity index is 0.000000288. The van der Waals surface area contributed by atoms with E-state index in [9.17, 15) is 8.78 Å².